The van der Waals surface area contributed by atoms with Crippen molar-refractivity contribution in [2.24, 2.45) is 0 Å². The molecule has 0 atom stereocenters. The molecule has 31 heavy (non-hydrogen) atoms. The van der Waals surface area contributed by atoms with E-state index in [2.05, 4.69) is 39.5 Å². The molecule has 1 N–H and O–H groups in total. The number of carbonyl (C=O) groups is 1. The van der Waals surface area contributed by atoms with Gasteiger partial charge >= 0.3 is 0 Å². The fraction of sp³-hybridized carbons (Fsp3) is 0.348. The monoisotopic (exact) mass is 439 g/mol. The van der Waals surface area contributed by atoms with Crippen molar-refractivity contribution in [2.75, 3.05) is 23.7 Å². The Labute approximate surface area is 185 Å². The lowest BCUT2D eigenvalue weighted by molar-refractivity contribution is -0.118. The molecule has 6 nitrogen and oxygen atoms in total. The highest BCUT2D eigenvalue weighted by Gasteiger charge is 2.22. The van der Waals surface area contributed by atoms with E-state index in [4.69, 9.17) is 0 Å². The van der Waals surface area contributed by atoms with Crippen molar-refractivity contribution >= 4 is 23.6 Å². The van der Waals surface area contributed by atoms with Crippen molar-refractivity contribution in [3.8, 4) is 5.69 Å². The van der Waals surface area contributed by atoms with Crippen molar-refractivity contribution in [1.82, 2.24) is 20.1 Å². The Morgan fingerprint density at radius 2 is 1.84 bits per heavy atom. The van der Waals surface area contributed by atoms with Gasteiger partial charge in [0.1, 0.15) is 5.82 Å². The zero-order valence-corrected chi connectivity index (χ0v) is 18.6. The van der Waals surface area contributed by atoms with Crippen LogP contribution in [0.5, 0.6) is 0 Å². The summed E-state index contributed by atoms with van der Waals surface area (Å²) in [5, 5.41) is 12.3. The molecule has 1 aliphatic heterocycles. The molecule has 162 valence electrons. The third kappa shape index (κ3) is 5.07. The summed E-state index contributed by atoms with van der Waals surface area (Å²) in [5.41, 5.74) is 3.49. The second-order valence-corrected chi connectivity index (χ2v) is 8.74. The molecular formula is C23H26FN5OS. The molecule has 1 fully saturated rings. The molecule has 0 saturated carbocycles. The standard InChI is InChI=1S/C23H26FN5OS/c1-16-5-9-19(10-6-16)29-22(28-11-3-4-12-28)26-27-23(29)31-15-21(30)25-14-18-8-7-17(2)20(24)13-18/h5-10,13H,3-4,11-12,14-15H2,1-2H3,(H,25,30). The molecule has 1 amide bonds. The first-order valence-corrected chi connectivity index (χ1v) is 11.4. The van der Waals surface area contributed by atoms with Gasteiger partial charge in [0.2, 0.25) is 11.9 Å². The predicted molar refractivity (Wildman–Crippen MR) is 121 cm³/mol. The van der Waals surface area contributed by atoms with Crippen molar-refractivity contribution in [2.45, 2.75) is 38.4 Å². The van der Waals surface area contributed by atoms with E-state index in [1.807, 2.05) is 22.8 Å². The molecule has 0 aliphatic carbocycles. The lowest BCUT2D eigenvalue weighted by atomic mass is 10.1. The van der Waals surface area contributed by atoms with E-state index in [9.17, 15) is 9.18 Å². The number of carbonyl (C=O) groups excluding carboxylic acids is 1. The van der Waals surface area contributed by atoms with E-state index in [1.165, 1.54) is 23.4 Å². The number of benzene rings is 2. The number of nitrogens with zero attached hydrogens (tertiary/aromatic N) is 4. The minimum absolute atomic E-state index is 0.132. The summed E-state index contributed by atoms with van der Waals surface area (Å²) < 4.78 is 15.7. The maximum Gasteiger partial charge on any atom is 0.232 e. The maximum absolute atomic E-state index is 13.7. The van der Waals surface area contributed by atoms with Gasteiger partial charge < -0.3 is 10.2 Å². The Kier molecular flexibility index (Phi) is 6.56. The number of aryl methyl sites for hydroxylation is 2. The summed E-state index contributed by atoms with van der Waals surface area (Å²) in [6.45, 7) is 5.98. The Bertz CT molecular complexity index is 1060. The fourth-order valence-corrected chi connectivity index (χ4v) is 4.30. The maximum atomic E-state index is 13.7. The van der Waals surface area contributed by atoms with Crippen molar-refractivity contribution in [3.63, 3.8) is 0 Å². The third-order valence-corrected chi connectivity index (χ3v) is 6.28. The minimum atomic E-state index is -0.262. The zero-order chi connectivity index (χ0) is 21.8. The number of amides is 1. The molecule has 0 spiro atoms. The van der Waals surface area contributed by atoms with Gasteiger partial charge in [-0.25, -0.2) is 4.39 Å². The SMILES string of the molecule is Cc1ccc(-n2c(SCC(=O)NCc3ccc(C)c(F)c3)nnc2N2CCCC2)cc1. The third-order valence-electron chi connectivity index (χ3n) is 5.36. The van der Waals surface area contributed by atoms with Gasteiger partial charge in [0.25, 0.3) is 0 Å². The van der Waals surface area contributed by atoms with Crippen LogP contribution in [0.25, 0.3) is 5.69 Å². The minimum Gasteiger partial charge on any atom is -0.351 e. The van der Waals surface area contributed by atoms with Crippen LogP contribution in [-0.4, -0.2) is 39.5 Å². The molecule has 1 aromatic heterocycles. The Morgan fingerprint density at radius 3 is 2.55 bits per heavy atom. The van der Waals surface area contributed by atoms with Gasteiger partial charge in [-0.2, -0.15) is 0 Å². The topological polar surface area (TPSA) is 63.1 Å². The zero-order valence-electron chi connectivity index (χ0n) is 17.8. The molecule has 0 unspecified atom stereocenters. The fourth-order valence-electron chi connectivity index (χ4n) is 3.53. The van der Waals surface area contributed by atoms with E-state index in [0.717, 1.165) is 43.1 Å². The van der Waals surface area contributed by atoms with Crippen LogP contribution in [0.3, 0.4) is 0 Å². The van der Waals surface area contributed by atoms with E-state index >= 15 is 0 Å². The number of hydrogen-bond acceptors (Lipinski definition) is 5. The number of nitrogens with one attached hydrogen (secondary N) is 1. The van der Waals surface area contributed by atoms with Gasteiger partial charge in [0, 0.05) is 19.6 Å². The molecule has 3 aromatic rings. The van der Waals surface area contributed by atoms with Crippen molar-refractivity contribution < 1.29 is 9.18 Å². The first-order chi connectivity index (χ1) is 15.0. The number of anilines is 1. The van der Waals surface area contributed by atoms with Crippen LogP contribution in [0.1, 0.15) is 29.5 Å². The van der Waals surface area contributed by atoms with Crippen LogP contribution in [0.2, 0.25) is 0 Å². The van der Waals surface area contributed by atoms with Gasteiger partial charge in [-0.05, 0) is 56.0 Å². The second kappa shape index (κ2) is 9.51. The van der Waals surface area contributed by atoms with Gasteiger partial charge in [0.05, 0.1) is 11.4 Å². The molecular weight excluding hydrogens is 413 g/mol. The summed E-state index contributed by atoms with van der Waals surface area (Å²) in [5.74, 6) is 0.631. The number of aromatic nitrogens is 3. The first-order valence-electron chi connectivity index (χ1n) is 10.4. The first kappa shape index (κ1) is 21.4. The average molecular weight is 440 g/mol. The molecule has 2 aromatic carbocycles. The molecule has 1 aliphatic rings. The van der Waals surface area contributed by atoms with Crippen molar-refractivity contribution in [1.29, 1.82) is 0 Å². The lowest BCUT2D eigenvalue weighted by Crippen LogP contribution is -2.25. The average Bonchev–Trinajstić information content (AvgIpc) is 3.43. The van der Waals surface area contributed by atoms with E-state index in [1.54, 1.807) is 13.0 Å². The number of halogens is 1. The highest BCUT2D eigenvalue weighted by molar-refractivity contribution is 7.99. The summed E-state index contributed by atoms with van der Waals surface area (Å²) in [7, 11) is 0. The molecule has 2 heterocycles. The lowest BCUT2D eigenvalue weighted by Gasteiger charge is -2.18. The second-order valence-electron chi connectivity index (χ2n) is 7.80. The Hall–Kier alpha value is -2.87. The summed E-state index contributed by atoms with van der Waals surface area (Å²) in [6, 6.07) is 13.2. The van der Waals surface area contributed by atoms with Crippen LogP contribution in [-0.2, 0) is 11.3 Å². The van der Waals surface area contributed by atoms with Crippen LogP contribution < -0.4 is 10.2 Å². The van der Waals surface area contributed by atoms with Gasteiger partial charge in [-0.3, -0.25) is 9.36 Å². The Morgan fingerprint density at radius 1 is 1.10 bits per heavy atom. The van der Waals surface area contributed by atoms with Crippen LogP contribution in [0, 0.1) is 19.7 Å². The predicted octanol–water partition coefficient (Wildman–Crippen LogP) is 4.03. The van der Waals surface area contributed by atoms with Gasteiger partial charge in [0.15, 0.2) is 5.16 Å². The molecule has 0 radical (unpaired) electrons. The molecule has 8 heteroatoms. The normalized spacial score (nSPS) is 13.6. The van der Waals surface area contributed by atoms with Crippen LogP contribution >= 0.6 is 11.8 Å². The number of rotatable bonds is 7. The summed E-state index contributed by atoms with van der Waals surface area (Å²) in [4.78, 5) is 14.6. The quantitative estimate of drug-likeness (QED) is 0.563. The Balaban J connectivity index is 1.45. The molecule has 1 saturated heterocycles. The number of hydrogen-bond donors (Lipinski definition) is 1. The highest BCUT2D eigenvalue weighted by atomic mass is 32.2. The van der Waals surface area contributed by atoms with E-state index < -0.39 is 0 Å². The smallest absolute Gasteiger partial charge is 0.232 e. The summed E-state index contributed by atoms with van der Waals surface area (Å²) >= 11 is 1.35. The van der Waals surface area contributed by atoms with E-state index in [0.29, 0.717) is 17.3 Å². The largest absolute Gasteiger partial charge is 0.351 e. The molecule has 0 bridgehead atoms. The van der Waals surface area contributed by atoms with Crippen LogP contribution in [0.4, 0.5) is 10.3 Å². The number of thioether (sulfide) groups is 1. The van der Waals surface area contributed by atoms with Gasteiger partial charge in [-0.15, -0.1) is 10.2 Å². The summed E-state index contributed by atoms with van der Waals surface area (Å²) in [6.07, 6.45) is 2.29. The highest BCUT2D eigenvalue weighted by Crippen LogP contribution is 2.28. The van der Waals surface area contributed by atoms with Crippen molar-refractivity contribution in [3.05, 3.63) is 65.0 Å². The van der Waals surface area contributed by atoms with Gasteiger partial charge in [-0.1, -0.05) is 41.6 Å². The molecule has 4 rings (SSSR count). The van der Waals surface area contributed by atoms with E-state index in [-0.39, 0.29) is 17.5 Å². The van der Waals surface area contributed by atoms with Crippen LogP contribution in [0.15, 0.2) is 47.6 Å².